The van der Waals surface area contributed by atoms with E-state index in [1.807, 2.05) is 0 Å². The quantitative estimate of drug-likeness (QED) is 0.406. The molecule has 0 bridgehead atoms. The number of hydrogen-bond acceptors (Lipinski definition) is 2. The number of aromatic nitrogens is 1. The fourth-order valence-electron chi connectivity index (χ4n) is 3.91. The summed E-state index contributed by atoms with van der Waals surface area (Å²) >= 11 is 5.82. The van der Waals surface area contributed by atoms with Gasteiger partial charge in [-0.25, -0.2) is 17.6 Å². The van der Waals surface area contributed by atoms with Crippen LogP contribution in [0.25, 0.3) is 10.9 Å². The molecule has 0 radical (unpaired) electrons. The molecule has 168 valence electrons. The number of aliphatic hydroxyl groups is 1. The van der Waals surface area contributed by atoms with E-state index >= 15 is 0 Å². The van der Waals surface area contributed by atoms with Gasteiger partial charge in [-0.3, -0.25) is 4.39 Å². The largest absolute Gasteiger partial charge is 0.496 e. The number of fused-ring (bicyclic) bond motifs is 1. The van der Waals surface area contributed by atoms with Gasteiger partial charge in [-0.1, -0.05) is 18.5 Å². The average Bonchev–Trinajstić information content (AvgIpc) is 3.09. The third-order valence-corrected chi connectivity index (χ3v) is 5.62. The number of rotatable bonds is 8. The molecule has 0 aliphatic rings. The molecule has 3 aromatic rings. The number of nitrogens with one attached hydrogen (secondary N) is 1. The van der Waals surface area contributed by atoms with Crippen molar-refractivity contribution in [2.24, 2.45) is 0 Å². The van der Waals surface area contributed by atoms with Gasteiger partial charge in [-0.2, -0.15) is 0 Å². The van der Waals surface area contributed by atoms with E-state index in [0.717, 1.165) is 18.2 Å². The van der Waals surface area contributed by atoms with Crippen LogP contribution in [-0.2, 0) is 11.8 Å². The Kier molecular flexibility index (Phi) is 6.53. The number of H-pyrrole nitrogens is 1. The molecular weight excluding hydrogens is 441 g/mol. The first-order chi connectivity index (χ1) is 14.5. The predicted molar refractivity (Wildman–Crippen MR) is 109 cm³/mol. The Bertz CT molecular complexity index is 1090. The van der Waals surface area contributed by atoms with Crippen molar-refractivity contribution in [3.8, 4) is 5.75 Å². The van der Waals surface area contributed by atoms with Crippen LogP contribution in [0.5, 0.6) is 5.75 Å². The molecule has 0 amide bonds. The van der Waals surface area contributed by atoms with E-state index in [2.05, 4.69) is 4.98 Å². The maximum Gasteiger partial charge on any atom is 0.267 e. The van der Waals surface area contributed by atoms with Crippen LogP contribution in [0.2, 0.25) is 5.02 Å². The molecule has 0 saturated heterocycles. The number of alkyl halides is 3. The van der Waals surface area contributed by atoms with Crippen molar-refractivity contribution in [2.45, 2.75) is 37.2 Å². The van der Waals surface area contributed by atoms with E-state index in [0.29, 0.717) is 5.39 Å². The van der Waals surface area contributed by atoms with Gasteiger partial charge >= 0.3 is 0 Å². The molecule has 3 nitrogen and oxygen atoms in total. The van der Waals surface area contributed by atoms with Gasteiger partial charge in [-0.15, -0.1) is 0 Å². The highest BCUT2D eigenvalue weighted by atomic mass is 35.5. The average molecular weight is 462 g/mol. The zero-order valence-corrected chi connectivity index (χ0v) is 17.5. The number of benzene rings is 2. The van der Waals surface area contributed by atoms with E-state index in [1.54, 1.807) is 0 Å². The van der Waals surface area contributed by atoms with Crippen LogP contribution >= 0.6 is 11.6 Å². The summed E-state index contributed by atoms with van der Waals surface area (Å²) in [5.41, 5.74) is -4.19. The van der Waals surface area contributed by atoms with E-state index in [4.69, 9.17) is 16.3 Å². The van der Waals surface area contributed by atoms with Crippen LogP contribution in [0.4, 0.5) is 22.0 Å². The molecule has 9 heteroatoms. The van der Waals surface area contributed by atoms with Crippen LogP contribution in [0.15, 0.2) is 36.4 Å². The zero-order valence-electron chi connectivity index (χ0n) is 16.8. The van der Waals surface area contributed by atoms with Gasteiger partial charge in [-0.05, 0) is 42.8 Å². The lowest BCUT2D eigenvalue weighted by molar-refractivity contribution is -0.113. The lowest BCUT2D eigenvalue weighted by Gasteiger charge is -2.37. The van der Waals surface area contributed by atoms with Gasteiger partial charge < -0.3 is 14.8 Å². The van der Waals surface area contributed by atoms with E-state index in [9.17, 15) is 27.1 Å². The van der Waals surface area contributed by atoms with Crippen molar-refractivity contribution < 1.29 is 31.8 Å². The van der Waals surface area contributed by atoms with Gasteiger partial charge in [0, 0.05) is 33.5 Å². The monoisotopic (exact) mass is 461 g/mol. The maximum absolute atomic E-state index is 14.2. The molecule has 2 aromatic carbocycles. The van der Waals surface area contributed by atoms with Gasteiger partial charge in [0.25, 0.3) is 6.43 Å². The fourth-order valence-corrected chi connectivity index (χ4v) is 4.12. The molecule has 2 N–H and O–H groups in total. The van der Waals surface area contributed by atoms with Crippen molar-refractivity contribution in [3.05, 3.63) is 64.3 Å². The highest BCUT2D eigenvalue weighted by Gasteiger charge is 2.46. The number of hydrogen-bond donors (Lipinski definition) is 2. The molecule has 2 atom stereocenters. The van der Waals surface area contributed by atoms with Crippen LogP contribution < -0.4 is 4.74 Å². The van der Waals surface area contributed by atoms with Crippen LogP contribution in [0.1, 0.15) is 24.6 Å². The maximum atomic E-state index is 14.2. The van der Waals surface area contributed by atoms with Gasteiger partial charge in [0.1, 0.15) is 23.0 Å². The van der Waals surface area contributed by atoms with Gasteiger partial charge in [0.2, 0.25) is 0 Å². The summed E-state index contributed by atoms with van der Waals surface area (Å²) in [6.07, 6.45) is -4.63. The summed E-state index contributed by atoms with van der Waals surface area (Å²) in [5, 5.41) is 11.3. The van der Waals surface area contributed by atoms with Gasteiger partial charge in [0.05, 0.1) is 19.3 Å². The second-order valence-electron chi connectivity index (χ2n) is 7.94. The highest BCUT2D eigenvalue weighted by Crippen LogP contribution is 2.42. The van der Waals surface area contributed by atoms with Gasteiger partial charge in [0.15, 0.2) is 0 Å². The van der Waals surface area contributed by atoms with Crippen LogP contribution in [0.3, 0.4) is 0 Å². The SMILES string of the molecule is COc1ccc(F)cc1C(C)(CF)CC(O)(Cc1cc2cc(Cl)cc(F)c2[nH]1)C(F)F. The van der Waals surface area contributed by atoms with E-state index < -0.39 is 48.6 Å². The van der Waals surface area contributed by atoms with Crippen molar-refractivity contribution >= 4 is 22.5 Å². The summed E-state index contributed by atoms with van der Waals surface area (Å²) in [4.78, 5) is 2.67. The second kappa shape index (κ2) is 8.67. The summed E-state index contributed by atoms with van der Waals surface area (Å²) < 4.78 is 75.3. The smallest absolute Gasteiger partial charge is 0.267 e. The predicted octanol–water partition coefficient (Wildman–Crippen LogP) is 5.96. The van der Waals surface area contributed by atoms with E-state index in [-0.39, 0.29) is 27.5 Å². The molecule has 0 saturated carbocycles. The third-order valence-electron chi connectivity index (χ3n) is 5.41. The van der Waals surface area contributed by atoms with Crippen molar-refractivity contribution in [2.75, 3.05) is 13.8 Å². The molecule has 0 spiro atoms. The molecule has 31 heavy (non-hydrogen) atoms. The Labute approximate surface area is 180 Å². The Hall–Kier alpha value is -2.32. The number of ether oxygens (including phenoxy) is 1. The minimum Gasteiger partial charge on any atom is -0.496 e. The molecule has 2 unspecified atom stereocenters. The topological polar surface area (TPSA) is 45.2 Å². The normalized spacial score (nSPS) is 15.8. The summed E-state index contributed by atoms with van der Waals surface area (Å²) in [5.74, 6) is -1.26. The molecule has 0 fully saturated rings. The first kappa shape index (κ1) is 23.3. The van der Waals surface area contributed by atoms with Crippen LogP contribution in [-0.4, -0.2) is 35.9 Å². The number of halogens is 6. The molecule has 1 aromatic heterocycles. The Balaban J connectivity index is 2.00. The standard InChI is InChI=1S/C22H21ClF5NO2/c1-21(11-24,16-8-14(25)3-4-18(16)31-2)10-22(30,20(27)28)9-15-6-12-5-13(23)7-17(26)19(12)29-15/h3-8,20,29-30H,9-11H2,1-2H3. The molecule has 1 heterocycles. The molecule has 3 rings (SSSR count). The first-order valence-corrected chi connectivity index (χ1v) is 9.76. The second-order valence-corrected chi connectivity index (χ2v) is 8.38. The van der Waals surface area contributed by atoms with Crippen molar-refractivity contribution in [3.63, 3.8) is 0 Å². The Morgan fingerprint density at radius 1 is 1.16 bits per heavy atom. The zero-order chi connectivity index (χ0) is 23.0. The third kappa shape index (κ3) is 4.65. The van der Waals surface area contributed by atoms with Crippen molar-refractivity contribution in [1.29, 1.82) is 0 Å². The minimum absolute atomic E-state index is 0.0195. The summed E-state index contributed by atoms with van der Waals surface area (Å²) in [6.45, 7) is 0.154. The Morgan fingerprint density at radius 2 is 1.87 bits per heavy atom. The minimum atomic E-state index is -3.27. The highest BCUT2D eigenvalue weighted by molar-refractivity contribution is 6.31. The van der Waals surface area contributed by atoms with Crippen LogP contribution in [0, 0.1) is 11.6 Å². The van der Waals surface area contributed by atoms with E-state index in [1.165, 1.54) is 32.2 Å². The fraction of sp³-hybridized carbons (Fsp3) is 0.364. The lowest BCUT2D eigenvalue weighted by Crippen LogP contribution is -2.46. The van der Waals surface area contributed by atoms with Crippen molar-refractivity contribution in [1.82, 2.24) is 4.98 Å². The first-order valence-electron chi connectivity index (χ1n) is 9.38. The number of methoxy groups -OCH3 is 1. The molecule has 0 aliphatic carbocycles. The molecule has 0 aliphatic heterocycles. The lowest BCUT2D eigenvalue weighted by atomic mass is 9.73. The molecular formula is C22H21ClF5NO2. The Morgan fingerprint density at radius 3 is 2.48 bits per heavy atom. The number of aromatic amines is 1. The summed E-state index contributed by atoms with van der Waals surface area (Å²) in [6, 6.07) is 7.29. The summed E-state index contributed by atoms with van der Waals surface area (Å²) in [7, 11) is 1.29.